The molecule has 1 aliphatic rings. The van der Waals surface area contributed by atoms with Crippen molar-refractivity contribution >= 4 is 34.8 Å². The largest absolute Gasteiger partial charge is 0.488 e. The van der Waals surface area contributed by atoms with Crippen LogP contribution in [0.3, 0.4) is 0 Å². The van der Waals surface area contributed by atoms with Gasteiger partial charge in [-0.25, -0.2) is 0 Å². The molecule has 3 rings (SSSR count). The summed E-state index contributed by atoms with van der Waals surface area (Å²) in [5, 5.41) is 10.9. The van der Waals surface area contributed by atoms with Crippen LogP contribution >= 0.6 is 23.2 Å². The van der Waals surface area contributed by atoms with Crippen molar-refractivity contribution in [1.82, 2.24) is 9.80 Å². The number of fused-ring (bicyclic) bond motifs is 1. The number of benzene rings is 2. The topological polar surface area (TPSA) is 56.3 Å². The highest BCUT2D eigenvalue weighted by atomic mass is 35.5. The minimum atomic E-state index is -0.261. The van der Waals surface area contributed by atoms with E-state index in [0.717, 1.165) is 22.6 Å². The van der Waals surface area contributed by atoms with Gasteiger partial charge in [-0.05, 0) is 49.9 Å². The zero-order valence-corrected chi connectivity index (χ0v) is 22.1. The molecule has 34 heavy (non-hydrogen) atoms. The number of halogens is 2. The monoisotopic (exact) mass is 507 g/mol. The number of carbonyl (C=O) groups excluding carboxylic acids is 1. The first-order chi connectivity index (χ1) is 16.1. The fourth-order valence-electron chi connectivity index (χ4n) is 4.23. The Morgan fingerprint density at radius 2 is 1.88 bits per heavy atom. The maximum Gasteiger partial charge on any atom is 0.227 e. The SMILES string of the molecule is C[C@H]1CN([C@@H](C)CO)C(=O)Cc2cc(N(C)C)ccc2O[C@@H]1CN(C)Cc1ccc(Cl)c(Cl)c1. The molecule has 0 aromatic heterocycles. The van der Waals surface area contributed by atoms with Crippen LogP contribution in [-0.4, -0.2) is 73.8 Å². The molecule has 1 N–H and O–H groups in total. The molecule has 1 aliphatic heterocycles. The van der Waals surface area contributed by atoms with Crippen molar-refractivity contribution in [3.8, 4) is 5.75 Å². The second kappa shape index (κ2) is 11.6. The van der Waals surface area contributed by atoms with Gasteiger partial charge >= 0.3 is 0 Å². The van der Waals surface area contributed by atoms with E-state index in [2.05, 4.69) is 11.8 Å². The van der Waals surface area contributed by atoms with Crippen molar-refractivity contribution in [2.75, 3.05) is 45.7 Å². The molecule has 2 aromatic carbocycles. The smallest absolute Gasteiger partial charge is 0.227 e. The summed E-state index contributed by atoms with van der Waals surface area (Å²) in [7, 11) is 5.99. The Morgan fingerprint density at radius 3 is 2.53 bits per heavy atom. The summed E-state index contributed by atoms with van der Waals surface area (Å²) < 4.78 is 6.58. The molecule has 0 saturated carbocycles. The van der Waals surface area contributed by atoms with Gasteiger partial charge in [0.15, 0.2) is 0 Å². The normalized spacial score (nSPS) is 19.7. The molecule has 186 valence electrons. The number of amides is 1. The Kier molecular flexibility index (Phi) is 9.10. The molecule has 1 amide bonds. The van der Waals surface area contributed by atoms with Crippen LogP contribution in [0.4, 0.5) is 5.69 Å². The van der Waals surface area contributed by atoms with Crippen molar-refractivity contribution in [2.45, 2.75) is 39.0 Å². The van der Waals surface area contributed by atoms with Gasteiger partial charge < -0.3 is 19.6 Å². The van der Waals surface area contributed by atoms with E-state index in [1.54, 1.807) is 4.90 Å². The number of aliphatic hydroxyl groups is 1. The molecule has 0 spiro atoms. The van der Waals surface area contributed by atoms with Gasteiger partial charge in [-0.2, -0.15) is 0 Å². The van der Waals surface area contributed by atoms with Crippen molar-refractivity contribution < 1.29 is 14.6 Å². The summed E-state index contributed by atoms with van der Waals surface area (Å²) in [6.45, 7) is 5.76. The second-order valence-electron chi connectivity index (χ2n) is 9.52. The van der Waals surface area contributed by atoms with E-state index in [1.165, 1.54) is 0 Å². The number of carbonyl (C=O) groups is 1. The molecule has 1 heterocycles. The fourth-order valence-corrected chi connectivity index (χ4v) is 4.55. The van der Waals surface area contributed by atoms with Crippen LogP contribution in [0.2, 0.25) is 10.0 Å². The highest BCUT2D eigenvalue weighted by Gasteiger charge is 2.31. The third-order valence-electron chi connectivity index (χ3n) is 6.34. The average Bonchev–Trinajstić information content (AvgIpc) is 2.83. The van der Waals surface area contributed by atoms with Crippen molar-refractivity contribution in [3.05, 3.63) is 57.6 Å². The molecule has 0 aliphatic carbocycles. The Hall–Kier alpha value is -1.99. The van der Waals surface area contributed by atoms with Gasteiger partial charge in [0.2, 0.25) is 5.91 Å². The number of nitrogens with zero attached hydrogens (tertiary/aromatic N) is 3. The van der Waals surface area contributed by atoms with Crippen LogP contribution in [0.1, 0.15) is 25.0 Å². The standard InChI is InChI=1S/C26H35Cl2N3O3/c1-17-13-31(18(2)16-32)26(33)12-20-11-21(29(3)4)7-9-24(20)34-25(17)15-30(5)14-19-6-8-22(27)23(28)10-19/h6-11,17-18,25,32H,12-16H2,1-5H3/t17-,18-,25+/m0/s1. The van der Waals surface area contributed by atoms with Crippen LogP contribution < -0.4 is 9.64 Å². The number of hydrogen-bond acceptors (Lipinski definition) is 5. The number of ether oxygens (including phenoxy) is 1. The maximum atomic E-state index is 13.3. The predicted octanol–water partition coefficient (Wildman–Crippen LogP) is 4.34. The van der Waals surface area contributed by atoms with E-state index in [-0.39, 0.29) is 37.0 Å². The van der Waals surface area contributed by atoms with Crippen molar-refractivity contribution in [2.24, 2.45) is 5.92 Å². The van der Waals surface area contributed by atoms with Gasteiger partial charge in [-0.15, -0.1) is 0 Å². The van der Waals surface area contributed by atoms with Crippen molar-refractivity contribution in [1.29, 1.82) is 0 Å². The molecule has 0 saturated heterocycles. The van der Waals surface area contributed by atoms with E-state index >= 15 is 0 Å². The van der Waals surface area contributed by atoms with Gasteiger partial charge in [-0.3, -0.25) is 9.69 Å². The summed E-state index contributed by atoms with van der Waals surface area (Å²) in [6.07, 6.45) is 0.0796. The molecule has 0 radical (unpaired) electrons. The lowest BCUT2D eigenvalue weighted by atomic mass is 10.0. The first-order valence-electron chi connectivity index (χ1n) is 11.6. The minimum Gasteiger partial charge on any atom is -0.488 e. The fraction of sp³-hybridized carbons (Fsp3) is 0.500. The molecule has 0 fully saturated rings. The molecule has 0 bridgehead atoms. The quantitative estimate of drug-likeness (QED) is 0.603. The molecule has 0 unspecified atom stereocenters. The highest BCUT2D eigenvalue weighted by Crippen LogP contribution is 2.30. The van der Waals surface area contributed by atoms with Crippen LogP contribution in [0.25, 0.3) is 0 Å². The van der Waals surface area contributed by atoms with Gasteiger partial charge in [0.25, 0.3) is 0 Å². The first-order valence-corrected chi connectivity index (χ1v) is 12.3. The summed E-state index contributed by atoms with van der Waals surface area (Å²) in [6, 6.07) is 11.4. The van der Waals surface area contributed by atoms with Gasteiger partial charge in [0.1, 0.15) is 11.9 Å². The second-order valence-corrected chi connectivity index (χ2v) is 10.3. The maximum absolute atomic E-state index is 13.3. The highest BCUT2D eigenvalue weighted by molar-refractivity contribution is 6.42. The van der Waals surface area contributed by atoms with Crippen LogP contribution in [0.5, 0.6) is 5.75 Å². The summed E-state index contributed by atoms with van der Waals surface area (Å²) in [4.78, 5) is 19.2. The van der Waals surface area contributed by atoms with E-state index in [9.17, 15) is 9.90 Å². The van der Waals surface area contributed by atoms with E-state index in [4.69, 9.17) is 27.9 Å². The number of anilines is 1. The van der Waals surface area contributed by atoms with Gasteiger partial charge in [0, 0.05) is 50.9 Å². The predicted molar refractivity (Wildman–Crippen MR) is 139 cm³/mol. The Morgan fingerprint density at radius 1 is 1.15 bits per heavy atom. The molecule has 6 nitrogen and oxygen atoms in total. The number of likely N-dealkylation sites (N-methyl/N-ethyl adjacent to an activating group) is 1. The third-order valence-corrected chi connectivity index (χ3v) is 7.08. The van der Waals surface area contributed by atoms with Crippen LogP contribution in [-0.2, 0) is 17.8 Å². The van der Waals surface area contributed by atoms with Crippen molar-refractivity contribution in [3.63, 3.8) is 0 Å². The summed E-state index contributed by atoms with van der Waals surface area (Å²) in [5.74, 6) is 0.782. The minimum absolute atomic E-state index is 0.000957. The van der Waals surface area contributed by atoms with Gasteiger partial charge in [0.05, 0.1) is 29.1 Å². The van der Waals surface area contributed by atoms with Crippen LogP contribution in [0, 0.1) is 5.92 Å². The average molecular weight is 508 g/mol. The molecular weight excluding hydrogens is 473 g/mol. The summed E-state index contributed by atoms with van der Waals surface area (Å²) >= 11 is 12.3. The Balaban J connectivity index is 1.89. The van der Waals surface area contributed by atoms with E-state index < -0.39 is 0 Å². The van der Waals surface area contributed by atoms with E-state index in [1.807, 2.05) is 69.4 Å². The number of aliphatic hydroxyl groups excluding tert-OH is 1. The number of rotatable bonds is 7. The van der Waals surface area contributed by atoms with Gasteiger partial charge in [-0.1, -0.05) is 36.2 Å². The molecule has 8 heteroatoms. The number of hydrogen-bond donors (Lipinski definition) is 1. The Bertz CT molecular complexity index is 1000. The lowest BCUT2D eigenvalue weighted by molar-refractivity contribution is -0.134. The zero-order valence-electron chi connectivity index (χ0n) is 20.6. The summed E-state index contributed by atoms with van der Waals surface area (Å²) in [5.41, 5.74) is 2.93. The molecule has 2 aromatic rings. The lowest BCUT2D eigenvalue weighted by Gasteiger charge is -2.34. The molecule has 3 atom stereocenters. The molecular formula is C26H35Cl2N3O3. The lowest BCUT2D eigenvalue weighted by Crippen LogP contribution is -2.47. The Labute approximate surface area is 213 Å². The van der Waals surface area contributed by atoms with E-state index in [0.29, 0.717) is 29.7 Å². The van der Waals surface area contributed by atoms with Crippen LogP contribution in [0.15, 0.2) is 36.4 Å². The zero-order chi connectivity index (χ0) is 25.0. The first kappa shape index (κ1) is 26.6. The third kappa shape index (κ3) is 6.57.